The zero-order chi connectivity index (χ0) is 31.5. The minimum absolute atomic E-state index is 0.00634. The van der Waals surface area contributed by atoms with Crippen LogP contribution in [0, 0.1) is 0 Å². The average Bonchev–Trinajstić information content (AvgIpc) is 3.02. The van der Waals surface area contributed by atoms with Crippen molar-refractivity contribution in [3.05, 3.63) is 123 Å². The summed E-state index contributed by atoms with van der Waals surface area (Å²) in [6, 6.07) is 22.9. The predicted octanol–water partition coefficient (Wildman–Crippen LogP) is 5.71. The largest absolute Gasteiger partial charge is 0.494 e. The molecule has 0 aromatic heterocycles. The van der Waals surface area contributed by atoms with Crippen LogP contribution in [0.1, 0.15) is 43.6 Å². The van der Waals surface area contributed by atoms with Crippen molar-refractivity contribution >= 4 is 53.2 Å². The number of halogens is 2. The monoisotopic (exact) mass is 633 g/mol. The summed E-state index contributed by atoms with van der Waals surface area (Å²) < 4.78 is 16.4. The Balaban J connectivity index is 1.43. The van der Waals surface area contributed by atoms with E-state index in [1.54, 1.807) is 36.4 Å². The Morgan fingerprint density at radius 3 is 1.86 bits per heavy atom. The van der Waals surface area contributed by atoms with Gasteiger partial charge in [0.25, 0.3) is 11.8 Å². The highest BCUT2D eigenvalue weighted by molar-refractivity contribution is 6.31. The van der Waals surface area contributed by atoms with Crippen molar-refractivity contribution in [2.75, 3.05) is 13.2 Å². The van der Waals surface area contributed by atoms with Crippen LogP contribution in [0.25, 0.3) is 0 Å². The summed E-state index contributed by atoms with van der Waals surface area (Å²) in [6.45, 7) is 2.01. The first-order chi connectivity index (χ1) is 21.2. The van der Waals surface area contributed by atoms with Crippen LogP contribution in [0.2, 0.25) is 10.0 Å². The van der Waals surface area contributed by atoms with E-state index in [1.807, 2.05) is 6.92 Å². The van der Waals surface area contributed by atoms with E-state index in [0.29, 0.717) is 28.0 Å². The van der Waals surface area contributed by atoms with E-state index in [0.717, 1.165) is 0 Å². The third-order valence-electron chi connectivity index (χ3n) is 5.79. The molecule has 4 aromatic carbocycles. The summed E-state index contributed by atoms with van der Waals surface area (Å²) in [5.74, 6) is -1.71. The van der Waals surface area contributed by atoms with Crippen molar-refractivity contribution in [1.82, 2.24) is 10.7 Å². The Kier molecular flexibility index (Phi) is 11.1. The number of nitrogens with one attached hydrogen (secondary N) is 2. The number of hydrogen-bond donors (Lipinski definition) is 2. The van der Waals surface area contributed by atoms with Gasteiger partial charge in [-0.2, -0.15) is 5.10 Å². The summed E-state index contributed by atoms with van der Waals surface area (Å²) in [5, 5.41) is 7.31. The van der Waals surface area contributed by atoms with E-state index in [9.17, 15) is 19.2 Å². The van der Waals surface area contributed by atoms with Crippen molar-refractivity contribution < 1.29 is 33.4 Å². The molecule has 0 radical (unpaired) electrons. The molecule has 12 heteroatoms. The molecule has 44 heavy (non-hydrogen) atoms. The Bertz CT molecular complexity index is 1670. The maximum atomic E-state index is 12.8. The van der Waals surface area contributed by atoms with Crippen LogP contribution in [-0.4, -0.2) is 43.1 Å². The van der Waals surface area contributed by atoms with Crippen LogP contribution in [0.15, 0.2) is 96.1 Å². The molecule has 10 nitrogen and oxygen atoms in total. The number of ether oxygens (including phenoxy) is 3. The first-order valence-corrected chi connectivity index (χ1v) is 13.9. The Hall–Kier alpha value is -5.19. The molecule has 0 aliphatic carbocycles. The lowest BCUT2D eigenvalue weighted by molar-refractivity contribution is -0.120. The maximum absolute atomic E-state index is 12.8. The second-order valence-corrected chi connectivity index (χ2v) is 9.80. The summed E-state index contributed by atoms with van der Waals surface area (Å²) in [5.41, 5.74) is 3.41. The summed E-state index contributed by atoms with van der Waals surface area (Å²) >= 11 is 11.8. The second-order valence-electron chi connectivity index (χ2n) is 8.93. The molecule has 0 unspecified atom stereocenters. The van der Waals surface area contributed by atoms with Gasteiger partial charge in [-0.15, -0.1) is 0 Å². The lowest BCUT2D eigenvalue weighted by Crippen LogP contribution is -2.34. The molecule has 0 atom stereocenters. The van der Waals surface area contributed by atoms with Gasteiger partial charge in [-0.3, -0.25) is 9.59 Å². The molecule has 0 spiro atoms. The van der Waals surface area contributed by atoms with E-state index < -0.39 is 23.8 Å². The van der Waals surface area contributed by atoms with Gasteiger partial charge >= 0.3 is 11.9 Å². The van der Waals surface area contributed by atoms with Gasteiger partial charge in [-0.05, 0) is 91.9 Å². The standard InChI is InChI=1S/C32H25Cl2N3O7/c1-2-42-26-14-7-20(8-15-26)30(39)35-19-29(38)37-36-18-23-9-16-27(43-31(40)21-3-10-24(33)11-4-21)17-28(23)44-32(41)22-5-12-25(34)13-6-22/h3-18H,2,19H2,1H3,(H,35,39)(H,37,38)/b36-18+. The van der Waals surface area contributed by atoms with Crippen LogP contribution in [0.3, 0.4) is 0 Å². The van der Waals surface area contributed by atoms with Gasteiger partial charge in [0.05, 0.1) is 30.5 Å². The molecular weight excluding hydrogens is 609 g/mol. The van der Waals surface area contributed by atoms with E-state index in [2.05, 4.69) is 15.8 Å². The fourth-order valence-electron chi connectivity index (χ4n) is 3.62. The number of rotatable bonds is 11. The summed E-state index contributed by atoms with van der Waals surface area (Å²) in [6.07, 6.45) is 1.24. The zero-order valence-corrected chi connectivity index (χ0v) is 24.7. The van der Waals surface area contributed by atoms with Gasteiger partial charge < -0.3 is 19.5 Å². The van der Waals surface area contributed by atoms with Crippen LogP contribution in [0.5, 0.6) is 17.2 Å². The first kappa shape index (κ1) is 31.7. The van der Waals surface area contributed by atoms with Crippen LogP contribution in [-0.2, 0) is 4.79 Å². The van der Waals surface area contributed by atoms with Crippen LogP contribution in [0.4, 0.5) is 0 Å². The second kappa shape index (κ2) is 15.3. The van der Waals surface area contributed by atoms with E-state index >= 15 is 0 Å². The topological polar surface area (TPSA) is 132 Å². The van der Waals surface area contributed by atoms with E-state index in [4.69, 9.17) is 37.4 Å². The number of benzene rings is 4. The molecule has 0 bridgehead atoms. The van der Waals surface area contributed by atoms with Gasteiger partial charge in [0.2, 0.25) is 0 Å². The third-order valence-corrected chi connectivity index (χ3v) is 6.29. The first-order valence-electron chi connectivity index (χ1n) is 13.1. The number of hydrazone groups is 1. The Labute approximate surface area is 262 Å². The van der Waals surface area contributed by atoms with Gasteiger partial charge in [0.15, 0.2) is 0 Å². The quantitative estimate of drug-likeness (QED) is 0.0935. The molecular formula is C32H25Cl2N3O7. The number of carbonyl (C=O) groups is 4. The van der Waals surface area contributed by atoms with Gasteiger partial charge in [0.1, 0.15) is 17.2 Å². The molecule has 0 fully saturated rings. The van der Waals surface area contributed by atoms with E-state index in [1.165, 1.54) is 60.8 Å². The van der Waals surface area contributed by atoms with Crippen LogP contribution >= 0.6 is 23.2 Å². The Morgan fingerprint density at radius 2 is 1.27 bits per heavy atom. The molecule has 0 saturated carbocycles. The molecule has 0 aliphatic heterocycles. The number of hydrogen-bond acceptors (Lipinski definition) is 8. The normalized spacial score (nSPS) is 10.6. The molecule has 0 heterocycles. The number of carbonyl (C=O) groups excluding carboxylic acids is 4. The highest BCUT2D eigenvalue weighted by Crippen LogP contribution is 2.26. The molecule has 4 aromatic rings. The highest BCUT2D eigenvalue weighted by Gasteiger charge is 2.15. The third kappa shape index (κ3) is 9.15. The molecule has 2 amide bonds. The SMILES string of the molecule is CCOc1ccc(C(=O)NCC(=O)N/N=C/c2ccc(OC(=O)c3ccc(Cl)cc3)cc2OC(=O)c2ccc(Cl)cc2)cc1. The minimum atomic E-state index is -0.710. The lowest BCUT2D eigenvalue weighted by Gasteiger charge is -2.11. The fraction of sp³-hybridized carbons (Fsp3) is 0.0938. The highest BCUT2D eigenvalue weighted by atomic mass is 35.5. The van der Waals surface area contributed by atoms with Crippen molar-refractivity contribution in [3.8, 4) is 17.2 Å². The predicted molar refractivity (Wildman–Crippen MR) is 165 cm³/mol. The molecule has 4 rings (SSSR count). The summed E-state index contributed by atoms with van der Waals surface area (Å²) in [7, 11) is 0. The average molecular weight is 634 g/mol. The fourth-order valence-corrected chi connectivity index (χ4v) is 3.87. The van der Waals surface area contributed by atoms with Gasteiger partial charge in [-0.25, -0.2) is 15.0 Å². The molecule has 224 valence electrons. The lowest BCUT2D eigenvalue weighted by atomic mass is 10.2. The van der Waals surface area contributed by atoms with Crippen LogP contribution < -0.4 is 25.0 Å². The smallest absolute Gasteiger partial charge is 0.343 e. The maximum Gasteiger partial charge on any atom is 0.343 e. The van der Waals surface area contributed by atoms with Crippen molar-refractivity contribution in [2.45, 2.75) is 6.92 Å². The zero-order valence-electron chi connectivity index (χ0n) is 23.2. The van der Waals surface area contributed by atoms with Gasteiger partial charge in [0, 0.05) is 27.2 Å². The Morgan fingerprint density at radius 1 is 0.727 bits per heavy atom. The van der Waals surface area contributed by atoms with Crippen molar-refractivity contribution in [1.29, 1.82) is 0 Å². The van der Waals surface area contributed by atoms with E-state index in [-0.39, 0.29) is 34.7 Å². The molecule has 0 saturated heterocycles. The minimum Gasteiger partial charge on any atom is -0.494 e. The summed E-state index contributed by atoms with van der Waals surface area (Å²) in [4.78, 5) is 50.0. The molecule has 2 N–H and O–H groups in total. The number of esters is 2. The number of amides is 2. The molecule has 0 aliphatic rings. The van der Waals surface area contributed by atoms with Crippen molar-refractivity contribution in [2.24, 2.45) is 5.10 Å². The van der Waals surface area contributed by atoms with Gasteiger partial charge in [-0.1, -0.05) is 23.2 Å². The number of nitrogens with zero attached hydrogens (tertiary/aromatic N) is 1. The van der Waals surface area contributed by atoms with Crippen molar-refractivity contribution in [3.63, 3.8) is 0 Å².